The molecule has 1 aliphatic heterocycles. The molecule has 1 amide bonds. The summed E-state index contributed by atoms with van der Waals surface area (Å²) in [5.41, 5.74) is 0.769. The summed E-state index contributed by atoms with van der Waals surface area (Å²) in [6, 6.07) is 6.29. The molecule has 112 valence electrons. The number of ether oxygens (including phenoxy) is 1. The molecule has 1 fully saturated rings. The van der Waals surface area contributed by atoms with Crippen LogP contribution in [0.2, 0.25) is 0 Å². The highest BCUT2D eigenvalue weighted by atomic mass is 35.5. The molecule has 2 rings (SSSR count). The topological polar surface area (TPSA) is 50.4 Å². The molecular weight excluding hydrogens is 290 g/mol. The Hall–Kier alpha value is -1.40. The predicted octanol–water partition coefficient (Wildman–Crippen LogP) is 1.73. The van der Waals surface area contributed by atoms with E-state index in [1.54, 1.807) is 12.1 Å². The summed E-state index contributed by atoms with van der Waals surface area (Å²) in [5, 5.41) is 6.09. The lowest BCUT2D eigenvalue weighted by molar-refractivity contribution is -0.121. The molecule has 0 aromatic heterocycles. The number of carbonyl (C=O) groups is 1. The number of hydrogen-bond acceptors (Lipinski definition) is 3. The van der Waals surface area contributed by atoms with Crippen LogP contribution in [0.25, 0.3) is 0 Å². The summed E-state index contributed by atoms with van der Waals surface area (Å²) < 4.78 is 28.2. The third-order valence-electron chi connectivity index (χ3n) is 2.94. The van der Waals surface area contributed by atoms with Gasteiger partial charge in [-0.3, -0.25) is 4.79 Å². The van der Waals surface area contributed by atoms with E-state index in [0.29, 0.717) is 0 Å². The fraction of sp³-hybridized carbons (Fsp3) is 0.462. The molecule has 1 heterocycles. The molecule has 1 aromatic carbocycles. The van der Waals surface area contributed by atoms with Gasteiger partial charge in [0.05, 0.1) is 6.42 Å². The van der Waals surface area contributed by atoms with Crippen molar-refractivity contribution in [2.24, 2.45) is 0 Å². The van der Waals surface area contributed by atoms with Crippen molar-refractivity contribution in [3.05, 3.63) is 29.8 Å². The van der Waals surface area contributed by atoms with Crippen LogP contribution in [-0.2, 0) is 11.2 Å². The lowest BCUT2D eigenvalue weighted by Gasteiger charge is -2.11. The predicted molar refractivity (Wildman–Crippen MR) is 73.4 cm³/mol. The van der Waals surface area contributed by atoms with Crippen molar-refractivity contribution in [3.8, 4) is 5.75 Å². The summed E-state index contributed by atoms with van der Waals surface area (Å²) in [6.45, 7) is -1.11. The highest BCUT2D eigenvalue weighted by Crippen LogP contribution is 2.15. The Morgan fingerprint density at radius 1 is 1.40 bits per heavy atom. The van der Waals surface area contributed by atoms with Gasteiger partial charge in [-0.25, -0.2) is 0 Å². The number of rotatable bonds is 5. The van der Waals surface area contributed by atoms with Gasteiger partial charge in [0.2, 0.25) is 5.91 Å². The smallest absolute Gasteiger partial charge is 0.387 e. The average Bonchev–Trinajstić information content (AvgIpc) is 2.83. The Bertz CT molecular complexity index is 423. The normalized spacial score (nSPS) is 17.6. The van der Waals surface area contributed by atoms with Gasteiger partial charge in [-0.05, 0) is 30.7 Å². The van der Waals surface area contributed by atoms with E-state index in [0.717, 1.165) is 25.1 Å². The highest BCUT2D eigenvalue weighted by Gasteiger charge is 2.16. The van der Waals surface area contributed by atoms with E-state index >= 15 is 0 Å². The van der Waals surface area contributed by atoms with Gasteiger partial charge in [-0.1, -0.05) is 12.1 Å². The fourth-order valence-corrected chi connectivity index (χ4v) is 2.03. The molecule has 0 spiro atoms. The average molecular weight is 307 g/mol. The third kappa shape index (κ3) is 5.30. The van der Waals surface area contributed by atoms with Gasteiger partial charge in [0, 0.05) is 12.6 Å². The van der Waals surface area contributed by atoms with Crippen LogP contribution in [0.3, 0.4) is 0 Å². The summed E-state index contributed by atoms with van der Waals surface area (Å²) >= 11 is 0. The molecule has 1 atom stereocenters. The number of amides is 1. The van der Waals surface area contributed by atoms with E-state index in [1.807, 2.05) is 0 Å². The summed E-state index contributed by atoms with van der Waals surface area (Å²) in [4.78, 5) is 11.7. The molecule has 20 heavy (non-hydrogen) atoms. The Balaban J connectivity index is 0.00000200. The van der Waals surface area contributed by atoms with Crippen LogP contribution < -0.4 is 15.4 Å². The number of nitrogens with one attached hydrogen (secondary N) is 2. The van der Waals surface area contributed by atoms with E-state index in [1.165, 1.54) is 12.1 Å². The lowest BCUT2D eigenvalue weighted by atomic mass is 10.1. The van der Waals surface area contributed by atoms with Gasteiger partial charge in [-0.15, -0.1) is 12.4 Å². The second-order valence-electron chi connectivity index (χ2n) is 4.46. The summed E-state index contributed by atoms with van der Waals surface area (Å²) in [7, 11) is 0. The Morgan fingerprint density at radius 2 is 2.10 bits per heavy atom. The molecule has 1 aliphatic rings. The molecule has 0 aliphatic carbocycles. The Kier molecular flexibility index (Phi) is 6.67. The maximum Gasteiger partial charge on any atom is 0.387 e. The quantitative estimate of drug-likeness (QED) is 0.871. The van der Waals surface area contributed by atoms with Crippen molar-refractivity contribution in [2.45, 2.75) is 25.5 Å². The van der Waals surface area contributed by atoms with Crippen LogP contribution in [-0.4, -0.2) is 31.7 Å². The van der Waals surface area contributed by atoms with Crippen LogP contribution in [0.1, 0.15) is 12.0 Å². The zero-order chi connectivity index (χ0) is 13.7. The monoisotopic (exact) mass is 306 g/mol. The van der Waals surface area contributed by atoms with Gasteiger partial charge >= 0.3 is 6.61 Å². The van der Waals surface area contributed by atoms with Crippen LogP contribution in [0.5, 0.6) is 5.75 Å². The van der Waals surface area contributed by atoms with Crippen LogP contribution in [0, 0.1) is 0 Å². The molecule has 0 radical (unpaired) electrons. The SMILES string of the molecule is Cl.O=C(Cc1ccc(OC(F)F)cc1)NC1CCNC1. The van der Waals surface area contributed by atoms with E-state index in [9.17, 15) is 13.6 Å². The van der Waals surface area contributed by atoms with Crippen molar-refractivity contribution in [2.75, 3.05) is 13.1 Å². The fourth-order valence-electron chi connectivity index (χ4n) is 2.03. The zero-order valence-electron chi connectivity index (χ0n) is 10.8. The van der Waals surface area contributed by atoms with Crippen LogP contribution >= 0.6 is 12.4 Å². The number of alkyl halides is 2. The van der Waals surface area contributed by atoms with E-state index < -0.39 is 6.61 Å². The molecule has 1 saturated heterocycles. The molecular formula is C13H17ClF2N2O2. The Labute approximate surface area is 122 Å². The molecule has 4 nitrogen and oxygen atoms in total. The van der Waals surface area contributed by atoms with Crippen LogP contribution in [0.15, 0.2) is 24.3 Å². The van der Waals surface area contributed by atoms with Crippen molar-refractivity contribution < 1.29 is 18.3 Å². The van der Waals surface area contributed by atoms with Crippen molar-refractivity contribution in [1.29, 1.82) is 0 Å². The van der Waals surface area contributed by atoms with Gasteiger partial charge in [0.15, 0.2) is 0 Å². The second kappa shape index (κ2) is 8.01. The summed E-state index contributed by atoms with van der Waals surface area (Å²) in [5.74, 6) is 0.0374. The second-order valence-corrected chi connectivity index (χ2v) is 4.46. The number of halogens is 3. The first kappa shape index (κ1) is 16.7. The van der Waals surface area contributed by atoms with Gasteiger partial charge in [0.25, 0.3) is 0 Å². The molecule has 7 heteroatoms. The van der Waals surface area contributed by atoms with Crippen LogP contribution in [0.4, 0.5) is 8.78 Å². The zero-order valence-corrected chi connectivity index (χ0v) is 11.6. The van der Waals surface area contributed by atoms with E-state index in [-0.39, 0.29) is 36.5 Å². The largest absolute Gasteiger partial charge is 0.435 e. The van der Waals surface area contributed by atoms with Gasteiger partial charge < -0.3 is 15.4 Å². The maximum atomic E-state index is 12.0. The standard InChI is InChI=1S/C13H16F2N2O2.ClH/c14-13(15)19-11-3-1-9(2-4-11)7-12(18)17-10-5-6-16-8-10;/h1-4,10,13,16H,5-8H2,(H,17,18);1H. The van der Waals surface area contributed by atoms with E-state index in [2.05, 4.69) is 15.4 Å². The minimum Gasteiger partial charge on any atom is -0.435 e. The molecule has 1 aromatic rings. The minimum atomic E-state index is -2.83. The van der Waals surface area contributed by atoms with Crippen molar-refractivity contribution >= 4 is 18.3 Å². The number of benzene rings is 1. The Morgan fingerprint density at radius 3 is 2.65 bits per heavy atom. The first-order valence-electron chi connectivity index (χ1n) is 6.17. The third-order valence-corrected chi connectivity index (χ3v) is 2.94. The minimum absolute atomic E-state index is 0. The van der Waals surface area contributed by atoms with E-state index in [4.69, 9.17) is 0 Å². The molecule has 2 N–H and O–H groups in total. The molecule has 0 bridgehead atoms. The molecule has 0 saturated carbocycles. The van der Waals surface area contributed by atoms with Crippen molar-refractivity contribution in [1.82, 2.24) is 10.6 Å². The first-order chi connectivity index (χ1) is 9.13. The summed E-state index contributed by atoms with van der Waals surface area (Å²) in [6.07, 6.45) is 1.18. The molecule has 1 unspecified atom stereocenters. The highest BCUT2D eigenvalue weighted by molar-refractivity contribution is 5.85. The first-order valence-corrected chi connectivity index (χ1v) is 6.17. The van der Waals surface area contributed by atoms with Gasteiger partial charge in [-0.2, -0.15) is 8.78 Å². The number of carbonyl (C=O) groups excluding carboxylic acids is 1. The number of hydrogen-bond donors (Lipinski definition) is 2. The maximum absolute atomic E-state index is 12.0. The van der Waals surface area contributed by atoms with Gasteiger partial charge in [0.1, 0.15) is 5.75 Å². The van der Waals surface area contributed by atoms with Crippen molar-refractivity contribution in [3.63, 3.8) is 0 Å². The lowest BCUT2D eigenvalue weighted by Crippen LogP contribution is -2.37.